The fourth-order valence-electron chi connectivity index (χ4n) is 4.18. The van der Waals surface area contributed by atoms with Gasteiger partial charge in [0.05, 0.1) is 16.2 Å². The highest BCUT2D eigenvalue weighted by molar-refractivity contribution is 7.91. The molecule has 0 saturated heterocycles. The summed E-state index contributed by atoms with van der Waals surface area (Å²) in [7, 11) is -3.66. The van der Waals surface area contributed by atoms with Crippen LogP contribution in [0.1, 0.15) is 75.1 Å². The molecule has 3 rings (SSSR count). The molecule has 0 spiro atoms. The molecule has 8 heteroatoms. The number of hydrogen-bond donors (Lipinski definition) is 1. The molecule has 3 aromatic rings. The average Bonchev–Trinajstić information content (AvgIpc) is 3.28. The topological polar surface area (TPSA) is 101 Å². The normalized spacial score (nSPS) is 11.7. The minimum Gasteiger partial charge on any atom is -0.478 e. The maximum absolute atomic E-state index is 12.7. The van der Waals surface area contributed by atoms with Gasteiger partial charge in [-0.3, -0.25) is 0 Å². The molecule has 0 atom stereocenters. The lowest BCUT2D eigenvalue weighted by molar-refractivity contribution is 0.0692. The van der Waals surface area contributed by atoms with Crippen molar-refractivity contribution in [2.24, 2.45) is 0 Å². The number of rotatable bonds is 16. The Kier molecular flexibility index (Phi) is 10.1. The van der Waals surface area contributed by atoms with Gasteiger partial charge in [-0.15, -0.1) is 0 Å². The largest absolute Gasteiger partial charge is 0.478 e. The van der Waals surface area contributed by atoms with E-state index in [1.807, 2.05) is 24.3 Å². The van der Waals surface area contributed by atoms with Crippen LogP contribution in [-0.4, -0.2) is 43.3 Å². The zero-order chi connectivity index (χ0) is 25.1. The zero-order valence-corrected chi connectivity index (χ0v) is 21.3. The summed E-state index contributed by atoms with van der Waals surface area (Å²) in [5.74, 6) is -1.30. The van der Waals surface area contributed by atoms with Gasteiger partial charge in [-0.1, -0.05) is 69.7 Å². The highest BCUT2D eigenvalue weighted by Crippen LogP contribution is 2.23. The van der Waals surface area contributed by atoms with Gasteiger partial charge in [-0.05, 0) is 43.5 Å². The van der Waals surface area contributed by atoms with E-state index >= 15 is 0 Å². The molecule has 0 amide bonds. The second-order valence-electron chi connectivity index (χ2n) is 8.90. The van der Waals surface area contributed by atoms with E-state index in [0.717, 1.165) is 43.5 Å². The van der Waals surface area contributed by atoms with E-state index < -0.39 is 15.8 Å². The van der Waals surface area contributed by atoms with Crippen molar-refractivity contribution in [3.63, 3.8) is 0 Å². The number of oxazole rings is 1. The molecule has 0 aliphatic heterocycles. The predicted molar refractivity (Wildman–Crippen MR) is 139 cm³/mol. The van der Waals surface area contributed by atoms with E-state index in [1.54, 1.807) is 6.07 Å². The second-order valence-corrected chi connectivity index (χ2v) is 11.0. The molecule has 35 heavy (non-hydrogen) atoms. The van der Waals surface area contributed by atoms with Crippen molar-refractivity contribution < 1.29 is 22.7 Å². The van der Waals surface area contributed by atoms with Crippen molar-refractivity contribution in [1.82, 2.24) is 4.98 Å². The number of hydrogen-bond acceptors (Lipinski definition) is 6. The number of carboxylic acids is 1. The van der Waals surface area contributed by atoms with Gasteiger partial charge in [0, 0.05) is 13.1 Å². The molecule has 190 valence electrons. The number of benzene rings is 2. The molecule has 0 aliphatic carbocycles. The number of unbranched alkanes of at least 4 members (excludes halogenated alkanes) is 7. The third-order valence-electron chi connectivity index (χ3n) is 6.13. The Labute approximate surface area is 208 Å². The van der Waals surface area contributed by atoms with Crippen molar-refractivity contribution in [3.05, 3.63) is 54.1 Å². The summed E-state index contributed by atoms with van der Waals surface area (Å²) in [6, 6.07) is 14.1. The predicted octanol–water partition coefficient (Wildman–Crippen LogP) is 6.34. The molecule has 1 N–H and O–H groups in total. The molecule has 2 aromatic carbocycles. The van der Waals surface area contributed by atoms with Gasteiger partial charge in [0.2, 0.25) is 0 Å². The Bertz CT molecular complexity index is 1160. The number of anilines is 1. The number of aromatic carboxylic acids is 1. The number of aromatic nitrogens is 1. The van der Waals surface area contributed by atoms with Gasteiger partial charge >= 0.3 is 5.97 Å². The summed E-state index contributed by atoms with van der Waals surface area (Å²) < 4.78 is 31.4. The third kappa shape index (κ3) is 7.82. The summed E-state index contributed by atoms with van der Waals surface area (Å²) in [4.78, 5) is 18.1. The lowest BCUT2D eigenvalue weighted by Crippen LogP contribution is -2.26. The van der Waals surface area contributed by atoms with Crippen LogP contribution in [0.5, 0.6) is 0 Å². The number of carbonyl (C=O) groups is 1. The highest BCUT2D eigenvalue weighted by atomic mass is 32.2. The summed E-state index contributed by atoms with van der Waals surface area (Å²) in [5, 5.41) is 9.31. The second kappa shape index (κ2) is 13.3. The lowest BCUT2D eigenvalue weighted by atomic mass is 10.1. The van der Waals surface area contributed by atoms with Gasteiger partial charge in [-0.2, -0.15) is 4.98 Å². The first-order valence-corrected chi connectivity index (χ1v) is 14.2. The minimum absolute atomic E-state index is 0.0718. The smallest absolute Gasteiger partial charge is 0.337 e. The van der Waals surface area contributed by atoms with Gasteiger partial charge in [-0.25, -0.2) is 13.2 Å². The molecule has 0 unspecified atom stereocenters. The van der Waals surface area contributed by atoms with Crippen molar-refractivity contribution >= 4 is 32.9 Å². The molecule has 0 bridgehead atoms. The maximum atomic E-state index is 12.7. The molecule has 1 aromatic heterocycles. The van der Waals surface area contributed by atoms with Crippen LogP contribution in [-0.2, 0) is 9.84 Å². The van der Waals surface area contributed by atoms with Gasteiger partial charge in [0.15, 0.2) is 15.4 Å². The molecule has 0 saturated carbocycles. The van der Waals surface area contributed by atoms with Crippen LogP contribution in [0, 0.1) is 0 Å². The summed E-state index contributed by atoms with van der Waals surface area (Å²) in [6.45, 7) is 3.79. The highest BCUT2D eigenvalue weighted by Gasteiger charge is 2.21. The fraction of sp³-hybridized carbons (Fsp3) is 0.481. The quantitative estimate of drug-likeness (QED) is 0.229. The number of para-hydroxylation sites is 2. The molecule has 7 nitrogen and oxygen atoms in total. The first kappa shape index (κ1) is 26.7. The molecular weight excluding hydrogens is 464 g/mol. The summed E-state index contributed by atoms with van der Waals surface area (Å²) >= 11 is 0. The standard InChI is InChI=1S/C27H36N2O5S/c1-2-3-4-5-6-12-19-29(27-28-23-16-9-10-17-24(23)34-27)20-13-7-14-21-35(32,33)25-18-11-8-15-22(25)26(30)31/h8-11,15-18H,2-7,12-14,19-21H2,1H3,(H,30,31). The summed E-state index contributed by atoms with van der Waals surface area (Å²) in [5.41, 5.74) is 1.42. The molecule has 0 fully saturated rings. The van der Waals surface area contributed by atoms with E-state index in [0.29, 0.717) is 18.9 Å². The monoisotopic (exact) mass is 500 g/mol. The van der Waals surface area contributed by atoms with E-state index in [4.69, 9.17) is 4.42 Å². The summed E-state index contributed by atoms with van der Waals surface area (Å²) in [6.07, 6.45) is 9.19. The number of fused-ring (bicyclic) bond motifs is 1. The SMILES string of the molecule is CCCCCCCCN(CCCCCS(=O)(=O)c1ccccc1C(=O)O)c1nc2ccccc2o1. The van der Waals surface area contributed by atoms with Crippen LogP contribution >= 0.6 is 0 Å². The fourth-order valence-corrected chi connectivity index (χ4v) is 5.76. The van der Waals surface area contributed by atoms with Gasteiger partial charge < -0.3 is 14.4 Å². The van der Waals surface area contributed by atoms with E-state index in [1.165, 1.54) is 43.9 Å². The number of nitrogens with zero attached hydrogens (tertiary/aromatic N) is 2. The molecule has 0 radical (unpaired) electrons. The lowest BCUT2D eigenvalue weighted by Gasteiger charge is -2.20. The Morgan fingerprint density at radius 1 is 0.886 bits per heavy atom. The Morgan fingerprint density at radius 2 is 1.51 bits per heavy atom. The maximum Gasteiger partial charge on any atom is 0.337 e. The van der Waals surface area contributed by atoms with E-state index in [9.17, 15) is 18.3 Å². The number of sulfone groups is 1. The van der Waals surface area contributed by atoms with Gasteiger partial charge in [0.25, 0.3) is 6.01 Å². The van der Waals surface area contributed by atoms with Crippen molar-refractivity contribution in [2.75, 3.05) is 23.7 Å². The van der Waals surface area contributed by atoms with Crippen molar-refractivity contribution in [2.45, 2.75) is 69.6 Å². The van der Waals surface area contributed by atoms with Crippen LogP contribution in [0.3, 0.4) is 0 Å². The number of carboxylic acid groups (broad SMARTS) is 1. The van der Waals surface area contributed by atoms with Crippen LogP contribution in [0.15, 0.2) is 57.8 Å². The minimum atomic E-state index is -3.66. The van der Waals surface area contributed by atoms with E-state index in [-0.39, 0.29) is 16.2 Å². The van der Waals surface area contributed by atoms with Crippen molar-refractivity contribution in [3.8, 4) is 0 Å². The van der Waals surface area contributed by atoms with Crippen LogP contribution in [0.4, 0.5) is 6.01 Å². The van der Waals surface area contributed by atoms with Crippen LogP contribution in [0.25, 0.3) is 11.1 Å². The van der Waals surface area contributed by atoms with E-state index in [2.05, 4.69) is 16.8 Å². The van der Waals surface area contributed by atoms with Crippen LogP contribution < -0.4 is 4.90 Å². The Morgan fingerprint density at radius 3 is 2.23 bits per heavy atom. The average molecular weight is 501 g/mol. The molecule has 1 heterocycles. The first-order valence-electron chi connectivity index (χ1n) is 12.6. The zero-order valence-electron chi connectivity index (χ0n) is 20.5. The first-order chi connectivity index (χ1) is 16.9. The molecule has 0 aliphatic rings. The Hall–Kier alpha value is -2.87. The van der Waals surface area contributed by atoms with Crippen molar-refractivity contribution in [1.29, 1.82) is 0 Å². The Balaban J connectivity index is 1.54. The molecular formula is C27H36N2O5S. The van der Waals surface area contributed by atoms with Gasteiger partial charge in [0.1, 0.15) is 5.52 Å². The third-order valence-corrected chi connectivity index (χ3v) is 7.98. The van der Waals surface area contributed by atoms with Crippen LogP contribution in [0.2, 0.25) is 0 Å².